The van der Waals surface area contributed by atoms with Crippen molar-refractivity contribution in [2.45, 2.75) is 25.4 Å². The number of aromatic nitrogens is 1. The molecule has 0 atom stereocenters. The van der Waals surface area contributed by atoms with Crippen LogP contribution in [-0.2, 0) is 21.3 Å². The van der Waals surface area contributed by atoms with Gasteiger partial charge in [-0.3, -0.25) is 0 Å². The predicted molar refractivity (Wildman–Crippen MR) is 75.7 cm³/mol. The van der Waals surface area contributed by atoms with Gasteiger partial charge in [0.25, 0.3) is 0 Å². The summed E-state index contributed by atoms with van der Waals surface area (Å²) in [5.41, 5.74) is 1.63. The SMILES string of the molecule is Cc1noc(C)c1CS(=O)(=O)Cc1cccc(C(=O)O)c1. The van der Waals surface area contributed by atoms with Gasteiger partial charge in [0.1, 0.15) is 5.76 Å². The third kappa shape index (κ3) is 3.69. The Bertz CT molecular complexity index is 757. The molecule has 0 amide bonds. The second-order valence-corrected chi connectivity index (χ2v) is 6.90. The Morgan fingerprint density at radius 2 is 2.00 bits per heavy atom. The molecular formula is C14H15NO5S. The summed E-state index contributed by atoms with van der Waals surface area (Å²) >= 11 is 0. The number of aromatic carboxylic acids is 1. The van der Waals surface area contributed by atoms with Gasteiger partial charge in [-0.15, -0.1) is 0 Å². The minimum absolute atomic E-state index is 0.0695. The molecule has 7 heteroatoms. The Morgan fingerprint density at radius 1 is 1.29 bits per heavy atom. The molecule has 1 heterocycles. The zero-order valence-electron chi connectivity index (χ0n) is 11.7. The van der Waals surface area contributed by atoms with E-state index in [1.54, 1.807) is 19.9 Å². The van der Waals surface area contributed by atoms with Crippen LogP contribution in [0.5, 0.6) is 0 Å². The molecule has 2 aromatic rings. The largest absolute Gasteiger partial charge is 0.478 e. The second kappa shape index (κ2) is 5.69. The van der Waals surface area contributed by atoms with Crippen molar-refractivity contribution in [1.82, 2.24) is 5.16 Å². The molecule has 1 aromatic heterocycles. The molecule has 0 saturated carbocycles. The zero-order chi connectivity index (χ0) is 15.6. The number of hydrogen-bond donors (Lipinski definition) is 1. The normalized spacial score (nSPS) is 11.5. The lowest BCUT2D eigenvalue weighted by atomic mass is 10.1. The highest BCUT2D eigenvalue weighted by atomic mass is 32.2. The molecule has 0 bridgehead atoms. The molecule has 1 aromatic carbocycles. The van der Waals surface area contributed by atoms with E-state index in [4.69, 9.17) is 9.63 Å². The maximum atomic E-state index is 12.2. The fourth-order valence-corrected chi connectivity index (χ4v) is 3.67. The van der Waals surface area contributed by atoms with E-state index < -0.39 is 15.8 Å². The zero-order valence-corrected chi connectivity index (χ0v) is 12.5. The highest BCUT2D eigenvalue weighted by Crippen LogP contribution is 2.19. The molecule has 0 aliphatic carbocycles. The fraction of sp³-hybridized carbons (Fsp3) is 0.286. The molecule has 21 heavy (non-hydrogen) atoms. The topological polar surface area (TPSA) is 97.5 Å². The maximum absolute atomic E-state index is 12.2. The van der Waals surface area contributed by atoms with E-state index >= 15 is 0 Å². The molecular weight excluding hydrogens is 294 g/mol. The van der Waals surface area contributed by atoms with Crippen LogP contribution in [0, 0.1) is 13.8 Å². The molecule has 0 aliphatic rings. The fourth-order valence-electron chi connectivity index (χ4n) is 2.03. The van der Waals surface area contributed by atoms with E-state index in [1.807, 2.05) is 0 Å². The highest BCUT2D eigenvalue weighted by molar-refractivity contribution is 7.89. The van der Waals surface area contributed by atoms with Crippen molar-refractivity contribution in [2.24, 2.45) is 0 Å². The number of rotatable bonds is 5. The minimum Gasteiger partial charge on any atom is -0.478 e. The third-order valence-electron chi connectivity index (χ3n) is 3.11. The Labute approximate surface area is 122 Å². The predicted octanol–water partition coefficient (Wildman–Crippen LogP) is 2.10. The summed E-state index contributed by atoms with van der Waals surface area (Å²) in [6, 6.07) is 5.92. The van der Waals surface area contributed by atoms with E-state index in [-0.39, 0.29) is 17.1 Å². The Kier molecular flexibility index (Phi) is 4.13. The van der Waals surface area contributed by atoms with Crippen LogP contribution in [-0.4, -0.2) is 24.7 Å². The summed E-state index contributed by atoms with van der Waals surface area (Å²) in [7, 11) is -3.44. The molecule has 0 spiro atoms. The summed E-state index contributed by atoms with van der Waals surface area (Å²) in [5, 5.41) is 12.6. The summed E-state index contributed by atoms with van der Waals surface area (Å²) in [4.78, 5) is 10.9. The number of aryl methyl sites for hydroxylation is 2. The van der Waals surface area contributed by atoms with Crippen LogP contribution in [0.3, 0.4) is 0 Å². The van der Waals surface area contributed by atoms with Gasteiger partial charge in [-0.1, -0.05) is 17.3 Å². The smallest absolute Gasteiger partial charge is 0.335 e. The van der Waals surface area contributed by atoms with Crippen molar-refractivity contribution >= 4 is 15.8 Å². The Hall–Kier alpha value is -2.15. The van der Waals surface area contributed by atoms with Crippen LogP contribution in [0.4, 0.5) is 0 Å². The molecule has 0 fully saturated rings. The van der Waals surface area contributed by atoms with Crippen LogP contribution in [0.15, 0.2) is 28.8 Å². The lowest BCUT2D eigenvalue weighted by Crippen LogP contribution is -2.09. The van der Waals surface area contributed by atoms with Crippen LogP contribution in [0.1, 0.15) is 32.9 Å². The van der Waals surface area contributed by atoms with Gasteiger partial charge in [-0.25, -0.2) is 13.2 Å². The molecule has 2 rings (SSSR count). The second-order valence-electron chi connectivity index (χ2n) is 4.84. The molecule has 0 aliphatic heterocycles. The number of benzene rings is 1. The number of carboxylic acid groups (broad SMARTS) is 1. The van der Waals surface area contributed by atoms with E-state index in [1.165, 1.54) is 18.2 Å². The summed E-state index contributed by atoms with van der Waals surface area (Å²) < 4.78 is 29.4. The van der Waals surface area contributed by atoms with Gasteiger partial charge in [0.05, 0.1) is 22.8 Å². The Balaban J connectivity index is 2.22. The van der Waals surface area contributed by atoms with Gasteiger partial charge in [0.2, 0.25) is 0 Å². The molecule has 0 unspecified atom stereocenters. The average Bonchev–Trinajstić information content (AvgIpc) is 2.70. The van der Waals surface area contributed by atoms with Gasteiger partial charge in [-0.2, -0.15) is 0 Å². The first-order valence-corrected chi connectivity index (χ1v) is 8.05. The van der Waals surface area contributed by atoms with Crippen molar-refractivity contribution < 1.29 is 22.8 Å². The number of sulfone groups is 1. The van der Waals surface area contributed by atoms with Gasteiger partial charge in [0, 0.05) is 5.56 Å². The number of carboxylic acids is 1. The van der Waals surface area contributed by atoms with Gasteiger partial charge in [-0.05, 0) is 31.5 Å². The molecule has 0 saturated heterocycles. The minimum atomic E-state index is -3.44. The van der Waals surface area contributed by atoms with Gasteiger partial charge < -0.3 is 9.63 Å². The van der Waals surface area contributed by atoms with E-state index in [9.17, 15) is 13.2 Å². The van der Waals surface area contributed by atoms with Crippen molar-refractivity contribution in [3.05, 3.63) is 52.4 Å². The maximum Gasteiger partial charge on any atom is 0.335 e. The molecule has 0 radical (unpaired) electrons. The van der Waals surface area contributed by atoms with Crippen LogP contribution < -0.4 is 0 Å². The van der Waals surface area contributed by atoms with Gasteiger partial charge >= 0.3 is 5.97 Å². The summed E-state index contributed by atoms with van der Waals surface area (Å²) in [5.74, 6) is -1.00. The van der Waals surface area contributed by atoms with Crippen LogP contribution in [0.2, 0.25) is 0 Å². The lowest BCUT2D eigenvalue weighted by Gasteiger charge is -2.05. The number of nitrogens with zero attached hydrogens (tertiary/aromatic N) is 1. The summed E-state index contributed by atoms with van der Waals surface area (Å²) in [6.45, 7) is 3.35. The van der Waals surface area contributed by atoms with Crippen molar-refractivity contribution in [2.75, 3.05) is 0 Å². The highest BCUT2D eigenvalue weighted by Gasteiger charge is 2.19. The average molecular weight is 309 g/mol. The van der Waals surface area contributed by atoms with Gasteiger partial charge in [0.15, 0.2) is 9.84 Å². The first-order chi connectivity index (χ1) is 9.78. The van der Waals surface area contributed by atoms with Crippen LogP contribution in [0.25, 0.3) is 0 Å². The molecule has 1 N–H and O–H groups in total. The van der Waals surface area contributed by atoms with E-state index in [2.05, 4.69) is 5.16 Å². The van der Waals surface area contributed by atoms with Crippen molar-refractivity contribution in [3.8, 4) is 0 Å². The number of carbonyl (C=O) groups is 1. The van der Waals surface area contributed by atoms with Crippen LogP contribution >= 0.6 is 0 Å². The standard InChI is InChI=1S/C14H15NO5S/c1-9-13(10(2)20-15-9)8-21(18,19)7-11-4-3-5-12(6-11)14(16)17/h3-6H,7-8H2,1-2H3,(H,16,17). The van der Waals surface area contributed by atoms with Crippen molar-refractivity contribution in [1.29, 1.82) is 0 Å². The monoisotopic (exact) mass is 309 g/mol. The summed E-state index contributed by atoms with van der Waals surface area (Å²) in [6.07, 6.45) is 0. The first kappa shape index (κ1) is 15.2. The molecule has 112 valence electrons. The Morgan fingerprint density at radius 3 is 2.57 bits per heavy atom. The quantitative estimate of drug-likeness (QED) is 0.908. The van der Waals surface area contributed by atoms with E-state index in [0.717, 1.165) is 0 Å². The third-order valence-corrected chi connectivity index (χ3v) is 4.61. The molecule has 6 nitrogen and oxygen atoms in total. The van der Waals surface area contributed by atoms with Crippen molar-refractivity contribution in [3.63, 3.8) is 0 Å². The number of hydrogen-bond acceptors (Lipinski definition) is 5. The lowest BCUT2D eigenvalue weighted by molar-refractivity contribution is 0.0696. The van der Waals surface area contributed by atoms with E-state index in [0.29, 0.717) is 22.6 Å². The first-order valence-electron chi connectivity index (χ1n) is 6.23.